The van der Waals surface area contributed by atoms with Crippen molar-refractivity contribution in [2.24, 2.45) is 0 Å². The normalized spacial score (nSPS) is 10.7. The zero-order chi connectivity index (χ0) is 18.0. The number of aromatic nitrogens is 3. The molecule has 2 heterocycles. The molecule has 0 radical (unpaired) electrons. The molecule has 6 nitrogen and oxygen atoms in total. The molecule has 3 rings (SSSR count). The van der Waals surface area contributed by atoms with Crippen molar-refractivity contribution in [2.75, 3.05) is 12.8 Å². The van der Waals surface area contributed by atoms with Crippen molar-refractivity contribution >= 4 is 5.82 Å². The summed E-state index contributed by atoms with van der Waals surface area (Å²) in [5.74, 6) is 1.22. The number of nitrogens with two attached hydrogens (primary N) is 1. The molecule has 0 atom stereocenters. The topological polar surface area (TPSA) is 101 Å². The van der Waals surface area contributed by atoms with E-state index in [1.807, 2.05) is 44.2 Å². The Bertz CT molecular complexity index is 935. The van der Waals surface area contributed by atoms with Gasteiger partial charge in [-0.05, 0) is 36.2 Å². The van der Waals surface area contributed by atoms with Crippen molar-refractivity contribution in [3.05, 3.63) is 47.8 Å². The van der Waals surface area contributed by atoms with E-state index in [9.17, 15) is 5.26 Å². The summed E-state index contributed by atoms with van der Waals surface area (Å²) < 4.78 is 5.20. The first kappa shape index (κ1) is 16.5. The van der Waals surface area contributed by atoms with Crippen LogP contribution < -0.4 is 10.5 Å². The van der Waals surface area contributed by atoms with Crippen LogP contribution in [0.1, 0.15) is 31.0 Å². The number of rotatable bonds is 4. The van der Waals surface area contributed by atoms with Crippen LogP contribution in [-0.2, 0) is 0 Å². The molecule has 0 saturated heterocycles. The number of nitrogen functional groups attached to an aromatic ring is 1. The Morgan fingerprint density at radius 3 is 2.52 bits per heavy atom. The lowest BCUT2D eigenvalue weighted by Gasteiger charge is -2.12. The van der Waals surface area contributed by atoms with E-state index in [0.717, 1.165) is 33.8 Å². The van der Waals surface area contributed by atoms with Gasteiger partial charge in [0.15, 0.2) is 0 Å². The average molecular weight is 333 g/mol. The van der Waals surface area contributed by atoms with Crippen molar-refractivity contribution in [1.29, 1.82) is 5.26 Å². The number of hydrogen-bond donors (Lipinski definition) is 2. The molecule has 0 amide bonds. The van der Waals surface area contributed by atoms with Crippen LogP contribution in [0, 0.1) is 11.3 Å². The zero-order valence-electron chi connectivity index (χ0n) is 14.4. The monoisotopic (exact) mass is 333 g/mol. The van der Waals surface area contributed by atoms with E-state index in [1.165, 1.54) is 0 Å². The summed E-state index contributed by atoms with van der Waals surface area (Å²) in [5.41, 5.74) is 10.5. The van der Waals surface area contributed by atoms with Gasteiger partial charge in [-0.15, -0.1) is 0 Å². The fourth-order valence-corrected chi connectivity index (χ4v) is 2.68. The second-order valence-corrected chi connectivity index (χ2v) is 6.01. The van der Waals surface area contributed by atoms with Crippen LogP contribution in [0.2, 0.25) is 0 Å². The van der Waals surface area contributed by atoms with Crippen molar-refractivity contribution in [1.82, 2.24) is 15.2 Å². The van der Waals surface area contributed by atoms with Crippen LogP contribution in [0.15, 0.2) is 36.5 Å². The Kier molecular flexibility index (Phi) is 4.40. The number of anilines is 1. The highest BCUT2D eigenvalue weighted by Gasteiger charge is 2.18. The first-order chi connectivity index (χ1) is 12.0. The van der Waals surface area contributed by atoms with E-state index in [-0.39, 0.29) is 11.7 Å². The summed E-state index contributed by atoms with van der Waals surface area (Å²) in [4.78, 5) is 4.35. The highest BCUT2D eigenvalue weighted by molar-refractivity contribution is 5.85. The van der Waals surface area contributed by atoms with E-state index in [1.54, 1.807) is 13.3 Å². The quantitative estimate of drug-likeness (QED) is 0.757. The maximum atomic E-state index is 9.54. The number of nitriles is 1. The molecule has 25 heavy (non-hydrogen) atoms. The summed E-state index contributed by atoms with van der Waals surface area (Å²) in [6.07, 6.45) is 1.71. The van der Waals surface area contributed by atoms with Crippen molar-refractivity contribution in [3.63, 3.8) is 0 Å². The third-order valence-electron chi connectivity index (χ3n) is 4.08. The smallest absolute Gasteiger partial charge is 0.142 e. The molecule has 1 aromatic carbocycles. The third-order valence-corrected chi connectivity index (χ3v) is 4.08. The van der Waals surface area contributed by atoms with Crippen molar-refractivity contribution < 1.29 is 4.74 Å². The van der Waals surface area contributed by atoms with Gasteiger partial charge in [0, 0.05) is 22.4 Å². The first-order valence-electron chi connectivity index (χ1n) is 7.93. The molecule has 0 aliphatic heterocycles. The summed E-state index contributed by atoms with van der Waals surface area (Å²) in [7, 11) is 1.63. The lowest BCUT2D eigenvalue weighted by molar-refractivity contribution is 0.415. The number of nitrogens with zero attached hydrogens (tertiary/aromatic N) is 3. The van der Waals surface area contributed by atoms with Gasteiger partial charge in [-0.25, -0.2) is 4.98 Å². The Morgan fingerprint density at radius 1 is 1.20 bits per heavy atom. The molecule has 6 heteroatoms. The Balaban J connectivity index is 2.18. The van der Waals surface area contributed by atoms with Gasteiger partial charge in [-0.1, -0.05) is 13.8 Å². The molecule has 0 fully saturated rings. The number of benzene rings is 1. The summed E-state index contributed by atoms with van der Waals surface area (Å²) in [6.45, 7) is 4.08. The van der Waals surface area contributed by atoms with Crippen LogP contribution >= 0.6 is 0 Å². The van der Waals surface area contributed by atoms with Crippen LogP contribution in [0.25, 0.3) is 22.4 Å². The molecule has 3 N–H and O–H groups in total. The zero-order valence-corrected chi connectivity index (χ0v) is 14.4. The Labute approximate surface area is 146 Å². The molecule has 3 aromatic rings. The number of pyridine rings is 1. The minimum atomic E-state index is 0.199. The number of hydrogen-bond acceptors (Lipinski definition) is 5. The minimum absolute atomic E-state index is 0.199. The van der Waals surface area contributed by atoms with Gasteiger partial charge < -0.3 is 10.5 Å². The fourth-order valence-electron chi connectivity index (χ4n) is 2.68. The number of ether oxygens (including phenoxy) is 1. The molecule has 2 aromatic heterocycles. The highest BCUT2D eigenvalue weighted by atomic mass is 16.5. The van der Waals surface area contributed by atoms with Gasteiger partial charge in [0.25, 0.3) is 0 Å². The van der Waals surface area contributed by atoms with Gasteiger partial charge in [-0.3, -0.25) is 5.10 Å². The molecule has 0 saturated carbocycles. The van der Waals surface area contributed by atoms with Gasteiger partial charge in [-0.2, -0.15) is 10.4 Å². The molecular formula is C19H19N5O. The second-order valence-electron chi connectivity index (χ2n) is 6.01. The molecule has 0 unspecified atom stereocenters. The van der Waals surface area contributed by atoms with Gasteiger partial charge in [0.2, 0.25) is 0 Å². The minimum Gasteiger partial charge on any atom is -0.497 e. The number of nitrogens with one attached hydrogen (secondary N) is 1. The molecule has 0 aliphatic rings. The summed E-state index contributed by atoms with van der Waals surface area (Å²) in [6, 6.07) is 11.7. The van der Waals surface area contributed by atoms with Crippen LogP contribution in [0.4, 0.5) is 5.82 Å². The SMILES string of the molecule is COc1ccc(-c2[nH]ncc2-c2cc(C(C)C)nc(N)c2C#N)cc1. The van der Waals surface area contributed by atoms with Crippen LogP contribution in [0.3, 0.4) is 0 Å². The predicted octanol–water partition coefficient (Wildman–Crippen LogP) is 3.72. The third kappa shape index (κ3) is 3.04. The van der Waals surface area contributed by atoms with Gasteiger partial charge in [0.1, 0.15) is 23.2 Å². The first-order valence-corrected chi connectivity index (χ1v) is 7.93. The van der Waals surface area contributed by atoms with E-state index in [4.69, 9.17) is 10.5 Å². The van der Waals surface area contributed by atoms with E-state index in [0.29, 0.717) is 5.56 Å². The molecule has 0 spiro atoms. The number of methoxy groups -OCH3 is 1. The second kappa shape index (κ2) is 6.65. The predicted molar refractivity (Wildman–Crippen MR) is 97.0 cm³/mol. The molecule has 0 aliphatic carbocycles. The largest absolute Gasteiger partial charge is 0.497 e. The standard InChI is InChI=1S/C19H19N5O/c1-11(2)17-8-14(15(9-20)19(21)23-17)16-10-22-24-18(16)12-4-6-13(25-3)7-5-12/h4-8,10-11H,1-3H3,(H2,21,23)(H,22,24). The summed E-state index contributed by atoms with van der Waals surface area (Å²) in [5, 5.41) is 16.7. The Hall–Kier alpha value is -3.33. The molecular weight excluding hydrogens is 314 g/mol. The van der Waals surface area contributed by atoms with E-state index >= 15 is 0 Å². The molecule has 0 bridgehead atoms. The lowest BCUT2D eigenvalue weighted by Crippen LogP contribution is -2.03. The maximum Gasteiger partial charge on any atom is 0.142 e. The Morgan fingerprint density at radius 2 is 1.92 bits per heavy atom. The average Bonchev–Trinajstić information content (AvgIpc) is 3.10. The van der Waals surface area contributed by atoms with Gasteiger partial charge in [0.05, 0.1) is 19.0 Å². The number of H-pyrrole nitrogens is 1. The maximum absolute atomic E-state index is 9.54. The summed E-state index contributed by atoms with van der Waals surface area (Å²) >= 11 is 0. The van der Waals surface area contributed by atoms with E-state index in [2.05, 4.69) is 21.3 Å². The van der Waals surface area contributed by atoms with Crippen molar-refractivity contribution in [2.45, 2.75) is 19.8 Å². The highest BCUT2D eigenvalue weighted by Crippen LogP contribution is 2.35. The van der Waals surface area contributed by atoms with Crippen LogP contribution in [-0.4, -0.2) is 22.3 Å². The van der Waals surface area contributed by atoms with Crippen LogP contribution in [0.5, 0.6) is 5.75 Å². The fraction of sp³-hybridized carbons (Fsp3) is 0.211. The number of aromatic amines is 1. The molecule has 126 valence electrons. The van der Waals surface area contributed by atoms with Gasteiger partial charge >= 0.3 is 0 Å². The van der Waals surface area contributed by atoms with E-state index < -0.39 is 0 Å². The lowest BCUT2D eigenvalue weighted by atomic mass is 9.96. The van der Waals surface area contributed by atoms with Crippen molar-refractivity contribution in [3.8, 4) is 34.2 Å².